The number of carbonyl (C=O) groups is 1. The molecule has 0 spiro atoms. The van der Waals surface area contributed by atoms with Crippen LogP contribution in [-0.2, 0) is 9.53 Å². The minimum atomic E-state index is -0.224. The molecule has 1 N–H and O–H groups in total. The molecule has 76 valence electrons. The van der Waals surface area contributed by atoms with Crippen LogP contribution in [0.15, 0.2) is 0 Å². The molecule has 0 saturated carbocycles. The summed E-state index contributed by atoms with van der Waals surface area (Å²) in [5.74, 6) is 0.0157. The maximum atomic E-state index is 11.6. The second-order valence-corrected chi connectivity index (χ2v) is 4.57. The van der Waals surface area contributed by atoms with Gasteiger partial charge >= 0.3 is 0 Å². The lowest BCUT2D eigenvalue weighted by molar-refractivity contribution is -0.131. The fourth-order valence-corrected chi connectivity index (χ4v) is 1.37. The van der Waals surface area contributed by atoms with Gasteiger partial charge < -0.3 is 10.1 Å². The Bertz CT molecular complexity index is 188. The molecule has 0 radical (unpaired) electrons. The van der Waals surface area contributed by atoms with Gasteiger partial charge in [-0.25, -0.2) is 0 Å². The summed E-state index contributed by atoms with van der Waals surface area (Å²) < 4.78 is 5.28. The van der Waals surface area contributed by atoms with Gasteiger partial charge in [0.2, 0.25) is 5.91 Å². The molecule has 1 amide bonds. The highest BCUT2D eigenvalue weighted by atomic mass is 79.9. The number of hydrogen-bond acceptors (Lipinski definition) is 2. The topological polar surface area (TPSA) is 38.3 Å². The van der Waals surface area contributed by atoms with Gasteiger partial charge in [0.15, 0.2) is 0 Å². The van der Waals surface area contributed by atoms with Crippen molar-refractivity contribution in [3.05, 3.63) is 0 Å². The van der Waals surface area contributed by atoms with Crippen LogP contribution in [0, 0.1) is 0 Å². The van der Waals surface area contributed by atoms with E-state index in [1.165, 1.54) is 0 Å². The van der Waals surface area contributed by atoms with E-state index >= 15 is 0 Å². The van der Waals surface area contributed by atoms with Gasteiger partial charge in [0.05, 0.1) is 0 Å². The van der Waals surface area contributed by atoms with Crippen LogP contribution in [0.25, 0.3) is 0 Å². The lowest BCUT2D eigenvalue weighted by Crippen LogP contribution is -2.48. The van der Waals surface area contributed by atoms with Gasteiger partial charge in [0, 0.05) is 17.5 Å². The molecule has 0 bridgehead atoms. The minimum absolute atomic E-state index is 0.0157. The summed E-state index contributed by atoms with van der Waals surface area (Å²) in [5, 5.41) is 3.69. The highest BCUT2D eigenvalue weighted by Crippen LogP contribution is 2.14. The van der Waals surface area contributed by atoms with Gasteiger partial charge in [0.25, 0.3) is 0 Å². The molecule has 4 heteroatoms. The fourth-order valence-electron chi connectivity index (χ4n) is 1.23. The average molecular weight is 250 g/mol. The van der Waals surface area contributed by atoms with Gasteiger partial charge in [-0.2, -0.15) is 0 Å². The Morgan fingerprint density at radius 2 is 2.38 bits per heavy atom. The first kappa shape index (κ1) is 11.0. The van der Waals surface area contributed by atoms with Crippen LogP contribution < -0.4 is 5.32 Å². The third-order valence-electron chi connectivity index (χ3n) is 2.02. The van der Waals surface area contributed by atoms with E-state index in [0.717, 1.165) is 18.2 Å². The molecule has 0 aromatic heterocycles. The quantitative estimate of drug-likeness (QED) is 0.770. The summed E-state index contributed by atoms with van der Waals surface area (Å²) in [7, 11) is 0. The average Bonchev–Trinajstić information content (AvgIpc) is 2.55. The molecule has 3 nitrogen and oxygen atoms in total. The lowest BCUT2D eigenvalue weighted by atomic mass is 10.1. The molecule has 1 fully saturated rings. The number of carbonyl (C=O) groups excluding carboxylic acids is 1. The molecule has 1 aliphatic heterocycles. The Morgan fingerprint density at radius 3 is 2.85 bits per heavy atom. The monoisotopic (exact) mass is 249 g/mol. The summed E-state index contributed by atoms with van der Waals surface area (Å²) in [6.07, 6.45) is 1.62. The number of rotatable bonds is 3. The van der Waals surface area contributed by atoms with E-state index < -0.39 is 0 Å². The molecule has 1 saturated heterocycles. The molecule has 0 aliphatic carbocycles. The number of hydrogen-bond donors (Lipinski definition) is 1. The predicted octanol–water partition coefficient (Wildman–Crippen LogP) is 1.46. The highest BCUT2D eigenvalue weighted by molar-refractivity contribution is 9.09. The van der Waals surface area contributed by atoms with Crippen molar-refractivity contribution in [2.45, 2.75) is 38.3 Å². The molecule has 0 aromatic rings. The Morgan fingerprint density at radius 1 is 1.69 bits per heavy atom. The van der Waals surface area contributed by atoms with E-state index in [0.29, 0.717) is 6.61 Å². The summed E-state index contributed by atoms with van der Waals surface area (Å²) in [6, 6.07) is 0. The third kappa shape index (κ3) is 3.27. The van der Waals surface area contributed by atoms with Crippen LogP contribution in [0.4, 0.5) is 0 Å². The predicted molar refractivity (Wildman–Crippen MR) is 55.0 cm³/mol. The van der Waals surface area contributed by atoms with Crippen molar-refractivity contribution >= 4 is 21.8 Å². The van der Waals surface area contributed by atoms with Crippen LogP contribution in [-0.4, -0.2) is 29.5 Å². The van der Waals surface area contributed by atoms with Gasteiger partial charge in [-0.1, -0.05) is 15.9 Å². The van der Waals surface area contributed by atoms with Crippen LogP contribution >= 0.6 is 15.9 Å². The van der Waals surface area contributed by atoms with E-state index in [-0.39, 0.29) is 17.6 Å². The van der Waals surface area contributed by atoms with Crippen LogP contribution in [0.1, 0.15) is 26.7 Å². The van der Waals surface area contributed by atoms with Crippen molar-refractivity contribution in [2.24, 2.45) is 0 Å². The first-order valence-corrected chi connectivity index (χ1v) is 5.67. The Labute approximate surface area is 87.3 Å². The highest BCUT2D eigenvalue weighted by Gasteiger charge is 2.27. The van der Waals surface area contributed by atoms with Crippen LogP contribution in [0.5, 0.6) is 0 Å². The van der Waals surface area contributed by atoms with Crippen molar-refractivity contribution < 1.29 is 9.53 Å². The number of ether oxygens (including phenoxy) is 1. The molecule has 1 unspecified atom stereocenters. The first-order chi connectivity index (χ1) is 6.05. The Balaban J connectivity index is 2.40. The second-order valence-electron chi connectivity index (χ2n) is 4.01. The molecular weight excluding hydrogens is 234 g/mol. The van der Waals surface area contributed by atoms with Crippen LogP contribution in [0.3, 0.4) is 0 Å². The van der Waals surface area contributed by atoms with E-state index in [2.05, 4.69) is 21.2 Å². The van der Waals surface area contributed by atoms with Crippen molar-refractivity contribution in [1.82, 2.24) is 5.32 Å². The van der Waals surface area contributed by atoms with Gasteiger partial charge in [-0.05, 0) is 26.7 Å². The SMILES string of the molecule is CC(C)(CBr)NC(=O)C1CCCO1. The molecular formula is C9H16BrNO2. The fraction of sp³-hybridized carbons (Fsp3) is 0.889. The molecule has 0 aromatic carbocycles. The third-order valence-corrected chi connectivity index (χ3v) is 3.42. The Kier molecular flexibility index (Phi) is 3.74. The van der Waals surface area contributed by atoms with E-state index in [1.807, 2.05) is 13.8 Å². The van der Waals surface area contributed by atoms with E-state index in [1.54, 1.807) is 0 Å². The van der Waals surface area contributed by atoms with Crippen molar-refractivity contribution in [2.75, 3.05) is 11.9 Å². The van der Waals surface area contributed by atoms with E-state index in [9.17, 15) is 4.79 Å². The normalized spacial score (nSPS) is 23.2. The zero-order valence-electron chi connectivity index (χ0n) is 8.10. The first-order valence-electron chi connectivity index (χ1n) is 4.55. The van der Waals surface area contributed by atoms with Crippen molar-refractivity contribution in [1.29, 1.82) is 0 Å². The Hall–Kier alpha value is -0.0900. The summed E-state index contributed by atoms with van der Waals surface area (Å²) in [6.45, 7) is 4.68. The zero-order chi connectivity index (χ0) is 9.90. The maximum absolute atomic E-state index is 11.6. The van der Waals surface area contributed by atoms with Crippen LogP contribution in [0.2, 0.25) is 0 Å². The maximum Gasteiger partial charge on any atom is 0.249 e. The van der Waals surface area contributed by atoms with Crippen molar-refractivity contribution in [3.8, 4) is 0 Å². The summed E-state index contributed by atoms with van der Waals surface area (Å²) in [4.78, 5) is 11.6. The van der Waals surface area contributed by atoms with Gasteiger partial charge in [-0.15, -0.1) is 0 Å². The second kappa shape index (κ2) is 4.42. The number of halogens is 1. The molecule has 1 heterocycles. The van der Waals surface area contributed by atoms with Gasteiger partial charge in [0.1, 0.15) is 6.10 Å². The number of alkyl halides is 1. The number of amides is 1. The van der Waals surface area contributed by atoms with Gasteiger partial charge in [-0.3, -0.25) is 4.79 Å². The largest absolute Gasteiger partial charge is 0.368 e. The molecule has 1 atom stereocenters. The summed E-state index contributed by atoms with van der Waals surface area (Å²) in [5.41, 5.74) is -0.191. The molecule has 1 aliphatic rings. The summed E-state index contributed by atoms with van der Waals surface area (Å²) >= 11 is 3.35. The molecule has 1 rings (SSSR count). The minimum Gasteiger partial charge on any atom is -0.368 e. The van der Waals surface area contributed by atoms with E-state index in [4.69, 9.17) is 4.74 Å². The van der Waals surface area contributed by atoms with Crippen molar-refractivity contribution in [3.63, 3.8) is 0 Å². The molecule has 13 heavy (non-hydrogen) atoms. The lowest BCUT2D eigenvalue weighted by Gasteiger charge is -2.25. The number of nitrogens with one attached hydrogen (secondary N) is 1. The standard InChI is InChI=1S/C9H16BrNO2/c1-9(2,6-10)11-8(12)7-4-3-5-13-7/h7H,3-6H2,1-2H3,(H,11,12). The smallest absolute Gasteiger partial charge is 0.249 e. The zero-order valence-corrected chi connectivity index (χ0v) is 9.69.